The predicted octanol–water partition coefficient (Wildman–Crippen LogP) is 3.21. The Morgan fingerprint density at radius 2 is 2.04 bits per heavy atom. The summed E-state index contributed by atoms with van der Waals surface area (Å²) in [6.45, 7) is 4.14. The number of amides is 1. The van der Waals surface area contributed by atoms with E-state index in [1.807, 2.05) is 37.3 Å². The van der Waals surface area contributed by atoms with Crippen LogP contribution in [0.2, 0.25) is 0 Å². The van der Waals surface area contributed by atoms with Gasteiger partial charge < -0.3 is 14.2 Å². The number of nitrogens with zero attached hydrogens (tertiary/aromatic N) is 2. The molecule has 0 N–H and O–H groups in total. The second-order valence-electron chi connectivity index (χ2n) is 6.34. The van der Waals surface area contributed by atoms with E-state index in [9.17, 15) is 9.59 Å². The number of esters is 1. The molecule has 0 spiro atoms. The molecule has 1 aromatic carbocycles. The average Bonchev–Trinajstić information content (AvgIpc) is 3.02. The van der Waals surface area contributed by atoms with Gasteiger partial charge in [-0.05, 0) is 33.1 Å². The molecule has 1 aliphatic heterocycles. The van der Waals surface area contributed by atoms with Crippen LogP contribution in [0.15, 0.2) is 34.9 Å². The molecular weight excluding hydrogens is 320 g/mol. The summed E-state index contributed by atoms with van der Waals surface area (Å²) >= 11 is 0. The summed E-state index contributed by atoms with van der Waals surface area (Å²) in [6.07, 6.45) is 3.11. The number of benzene rings is 1. The Balaban J connectivity index is 1.70. The average molecular weight is 342 g/mol. The lowest BCUT2D eigenvalue weighted by Gasteiger charge is -2.33. The van der Waals surface area contributed by atoms with Crippen molar-refractivity contribution in [2.24, 2.45) is 0 Å². The Hall–Kier alpha value is -2.63. The van der Waals surface area contributed by atoms with Gasteiger partial charge in [-0.25, -0.2) is 4.79 Å². The quantitative estimate of drug-likeness (QED) is 0.798. The zero-order chi connectivity index (χ0) is 17.8. The Morgan fingerprint density at radius 3 is 2.76 bits per heavy atom. The summed E-state index contributed by atoms with van der Waals surface area (Å²) in [5.74, 6) is -0.367. The normalized spacial score (nSPS) is 17.4. The lowest BCUT2D eigenvalue weighted by Crippen LogP contribution is -2.44. The molecule has 0 aliphatic carbocycles. The van der Waals surface area contributed by atoms with Crippen molar-refractivity contribution in [3.8, 4) is 11.3 Å². The van der Waals surface area contributed by atoms with Crippen molar-refractivity contribution in [2.45, 2.75) is 39.2 Å². The standard InChI is InChI=1S/C19H22N2O4/c1-13-8-6-7-11-21(13)16(22)12-24-19(23)17-14(2)25-20-18(17)15-9-4-3-5-10-15/h3-5,9-10,13H,6-8,11-12H2,1-2H3. The van der Waals surface area contributed by atoms with Crippen molar-refractivity contribution in [3.63, 3.8) is 0 Å². The maximum absolute atomic E-state index is 12.5. The summed E-state index contributed by atoms with van der Waals surface area (Å²) in [5.41, 5.74) is 1.47. The maximum Gasteiger partial charge on any atom is 0.344 e. The third-order valence-corrected chi connectivity index (χ3v) is 4.56. The van der Waals surface area contributed by atoms with E-state index < -0.39 is 5.97 Å². The second kappa shape index (κ2) is 7.51. The third-order valence-electron chi connectivity index (χ3n) is 4.56. The molecule has 6 heteroatoms. The summed E-state index contributed by atoms with van der Waals surface area (Å²) in [7, 11) is 0. The van der Waals surface area contributed by atoms with Crippen LogP contribution in [-0.2, 0) is 9.53 Å². The molecule has 1 aromatic heterocycles. The number of carbonyl (C=O) groups is 2. The molecule has 25 heavy (non-hydrogen) atoms. The maximum atomic E-state index is 12.5. The molecule has 3 rings (SSSR count). The number of piperidine rings is 1. The van der Waals surface area contributed by atoms with Crippen LogP contribution in [0.3, 0.4) is 0 Å². The van der Waals surface area contributed by atoms with E-state index in [1.54, 1.807) is 11.8 Å². The van der Waals surface area contributed by atoms with E-state index in [2.05, 4.69) is 5.16 Å². The number of ether oxygens (including phenoxy) is 1. The minimum absolute atomic E-state index is 0.157. The van der Waals surface area contributed by atoms with Gasteiger partial charge in [-0.3, -0.25) is 4.79 Å². The monoisotopic (exact) mass is 342 g/mol. The fraction of sp³-hybridized carbons (Fsp3) is 0.421. The molecule has 1 amide bonds. The SMILES string of the molecule is Cc1onc(-c2ccccc2)c1C(=O)OCC(=O)N1CCCCC1C. The zero-order valence-electron chi connectivity index (χ0n) is 14.5. The van der Waals surface area contributed by atoms with E-state index in [1.165, 1.54) is 0 Å². The molecule has 1 saturated heterocycles. The number of aromatic nitrogens is 1. The Bertz CT molecular complexity index is 754. The van der Waals surface area contributed by atoms with Crippen molar-refractivity contribution in [1.82, 2.24) is 10.1 Å². The highest BCUT2D eigenvalue weighted by atomic mass is 16.5. The van der Waals surface area contributed by atoms with Crippen molar-refractivity contribution >= 4 is 11.9 Å². The van der Waals surface area contributed by atoms with Crippen LogP contribution in [-0.4, -0.2) is 41.1 Å². The Morgan fingerprint density at radius 1 is 1.28 bits per heavy atom. The van der Waals surface area contributed by atoms with Gasteiger partial charge in [0.25, 0.3) is 5.91 Å². The van der Waals surface area contributed by atoms with E-state index in [0.717, 1.165) is 31.4 Å². The van der Waals surface area contributed by atoms with Gasteiger partial charge >= 0.3 is 5.97 Å². The van der Waals surface area contributed by atoms with Crippen LogP contribution in [0.4, 0.5) is 0 Å². The van der Waals surface area contributed by atoms with Crippen molar-refractivity contribution < 1.29 is 18.8 Å². The predicted molar refractivity (Wildman–Crippen MR) is 92.0 cm³/mol. The lowest BCUT2D eigenvalue weighted by molar-refractivity contribution is -0.137. The summed E-state index contributed by atoms with van der Waals surface area (Å²) in [4.78, 5) is 26.6. The van der Waals surface area contributed by atoms with E-state index in [-0.39, 0.29) is 24.1 Å². The highest BCUT2D eigenvalue weighted by Crippen LogP contribution is 2.25. The van der Waals surface area contributed by atoms with Crippen LogP contribution in [0.1, 0.15) is 42.3 Å². The Kier molecular flexibility index (Phi) is 5.16. The third kappa shape index (κ3) is 3.73. The molecule has 0 saturated carbocycles. The van der Waals surface area contributed by atoms with Crippen LogP contribution >= 0.6 is 0 Å². The van der Waals surface area contributed by atoms with Gasteiger partial charge in [-0.1, -0.05) is 35.5 Å². The first-order valence-corrected chi connectivity index (χ1v) is 8.56. The number of likely N-dealkylation sites (tertiary alicyclic amines) is 1. The van der Waals surface area contributed by atoms with Crippen molar-refractivity contribution in [2.75, 3.05) is 13.2 Å². The fourth-order valence-corrected chi connectivity index (χ4v) is 3.16. The highest BCUT2D eigenvalue weighted by Gasteiger charge is 2.27. The minimum Gasteiger partial charge on any atom is -0.452 e. The first kappa shape index (κ1) is 17.2. The fourth-order valence-electron chi connectivity index (χ4n) is 3.16. The number of aryl methyl sites for hydroxylation is 1. The van der Waals surface area contributed by atoms with Crippen LogP contribution < -0.4 is 0 Å². The molecule has 2 heterocycles. The molecule has 2 aromatic rings. The zero-order valence-corrected chi connectivity index (χ0v) is 14.5. The van der Waals surface area contributed by atoms with Gasteiger partial charge in [-0.15, -0.1) is 0 Å². The highest BCUT2D eigenvalue weighted by molar-refractivity contribution is 5.98. The summed E-state index contributed by atoms with van der Waals surface area (Å²) in [5, 5.41) is 3.96. The molecule has 132 valence electrons. The molecule has 1 unspecified atom stereocenters. The number of carbonyl (C=O) groups excluding carboxylic acids is 2. The molecule has 0 bridgehead atoms. The molecule has 6 nitrogen and oxygen atoms in total. The van der Waals surface area contributed by atoms with Crippen LogP contribution in [0.25, 0.3) is 11.3 Å². The molecule has 1 fully saturated rings. The van der Waals surface area contributed by atoms with E-state index in [4.69, 9.17) is 9.26 Å². The largest absolute Gasteiger partial charge is 0.452 e. The Labute approximate surface area is 146 Å². The van der Waals surface area contributed by atoms with Crippen LogP contribution in [0, 0.1) is 6.92 Å². The number of hydrogen-bond donors (Lipinski definition) is 0. The van der Waals surface area contributed by atoms with Gasteiger partial charge in [0.1, 0.15) is 17.0 Å². The van der Waals surface area contributed by atoms with Crippen molar-refractivity contribution in [1.29, 1.82) is 0 Å². The van der Waals surface area contributed by atoms with Gasteiger partial charge in [0, 0.05) is 18.2 Å². The smallest absolute Gasteiger partial charge is 0.344 e. The van der Waals surface area contributed by atoms with Gasteiger partial charge in [0.05, 0.1) is 0 Å². The summed E-state index contributed by atoms with van der Waals surface area (Å²) < 4.78 is 10.4. The van der Waals surface area contributed by atoms with E-state index >= 15 is 0 Å². The first-order valence-electron chi connectivity index (χ1n) is 8.56. The van der Waals surface area contributed by atoms with Gasteiger partial charge in [0.2, 0.25) is 0 Å². The molecule has 0 radical (unpaired) electrons. The van der Waals surface area contributed by atoms with E-state index in [0.29, 0.717) is 11.5 Å². The van der Waals surface area contributed by atoms with Gasteiger partial charge in [0.15, 0.2) is 6.61 Å². The lowest BCUT2D eigenvalue weighted by atomic mass is 10.0. The molecule has 1 atom stereocenters. The summed E-state index contributed by atoms with van der Waals surface area (Å²) in [6, 6.07) is 9.47. The van der Waals surface area contributed by atoms with Crippen molar-refractivity contribution in [3.05, 3.63) is 41.7 Å². The molecular formula is C19H22N2O4. The number of hydrogen-bond acceptors (Lipinski definition) is 5. The topological polar surface area (TPSA) is 72.6 Å². The van der Waals surface area contributed by atoms with Crippen LogP contribution in [0.5, 0.6) is 0 Å². The second-order valence-corrected chi connectivity index (χ2v) is 6.34. The van der Waals surface area contributed by atoms with Gasteiger partial charge in [-0.2, -0.15) is 0 Å². The molecule has 1 aliphatic rings. The number of rotatable bonds is 4. The minimum atomic E-state index is -0.587. The first-order chi connectivity index (χ1) is 12.1.